The Hall–Kier alpha value is 0. The van der Waals surface area contributed by atoms with E-state index in [4.69, 9.17) is 0 Å². The number of hydrogen-bond donors (Lipinski definition) is 0. The normalized spacial score (nSPS) is 18.7. The van der Waals surface area contributed by atoms with Gasteiger partial charge in [0.05, 0.1) is 0 Å². The largest absolute Gasteiger partial charge is 0.0651 e. The molecule has 220 valence electrons. The molecular weight excluding hydrogens is 432 g/mol. The molecule has 0 aliphatic carbocycles. The third-order valence-electron chi connectivity index (χ3n) is 9.88. The molecule has 0 aromatic carbocycles. The first-order valence-electron chi connectivity index (χ1n) is 16.7. The van der Waals surface area contributed by atoms with Crippen LogP contribution >= 0.6 is 0 Å². The summed E-state index contributed by atoms with van der Waals surface area (Å²) in [4.78, 5) is 0. The average molecular weight is 509 g/mol. The molecule has 0 radical (unpaired) electrons. The third kappa shape index (κ3) is 22.0. The Morgan fingerprint density at radius 1 is 0.333 bits per heavy atom. The van der Waals surface area contributed by atoms with E-state index in [1.807, 2.05) is 0 Å². The van der Waals surface area contributed by atoms with E-state index >= 15 is 0 Å². The molecule has 0 heterocycles. The van der Waals surface area contributed by atoms with Crippen LogP contribution in [0, 0.1) is 59.2 Å². The summed E-state index contributed by atoms with van der Waals surface area (Å²) in [7, 11) is 0. The van der Waals surface area contributed by atoms with Crippen molar-refractivity contribution >= 4 is 0 Å². The molecule has 0 bridgehead atoms. The van der Waals surface area contributed by atoms with Gasteiger partial charge in [0.1, 0.15) is 0 Å². The van der Waals surface area contributed by atoms with Gasteiger partial charge in [-0.3, -0.25) is 0 Å². The van der Waals surface area contributed by atoms with Gasteiger partial charge in [-0.2, -0.15) is 0 Å². The van der Waals surface area contributed by atoms with Crippen LogP contribution in [-0.2, 0) is 0 Å². The van der Waals surface area contributed by atoms with E-state index in [9.17, 15) is 0 Å². The second-order valence-electron chi connectivity index (χ2n) is 14.6. The zero-order chi connectivity index (χ0) is 28.3. The summed E-state index contributed by atoms with van der Waals surface area (Å²) < 4.78 is 0. The van der Waals surface area contributed by atoms with Crippen LogP contribution in [0.2, 0.25) is 0 Å². The van der Waals surface area contributed by atoms with Gasteiger partial charge in [0.15, 0.2) is 0 Å². The van der Waals surface area contributed by atoms with E-state index in [0.717, 1.165) is 59.2 Å². The first-order valence-corrected chi connectivity index (χ1v) is 16.7. The highest BCUT2D eigenvalue weighted by Gasteiger charge is 2.18. The van der Waals surface area contributed by atoms with E-state index in [0.29, 0.717) is 0 Å². The summed E-state index contributed by atoms with van der Waals surface area (Å²) in [5.41, 5.74) is 0. The van der Waals surface area contributed by atoms with Crippen molar-refractivity contribution in [3.05, 3.63) is 0 Å². The highest BCUT2D eigenvalue weighted by molar-refractivity contribution is 4.69. The Morgan fingerprint density at radius 3 is 1.22 bits per heavy atom. The van der Waals surface area contributed by atoms with Crippen LogP contribution in [0.5, 0.6) is 0 Å². The van der Waals surface area contributed by atoms with Crippen LogP contribution in [-0.4, -0.2) is 0 Å². The Morgan fingerprint density at radius 2 is 0.778 bits per heavy atom. The van der Waals surface area contributed by atoms with Crippen molar-refractivity contribution in [3.8, 4) is 0 Å². The Labute approximate surface area is 233 Å². The van der Waals surface area contributed by atoms with E-state index in [2.05, 4.69) is 96.9 Å². The number of hydrogen-bond acceptors (Lipinski definition) is 0. The van der Waals surface area contributed by atoms with Crippen molar-refractivity contribution in [2.24, 2.45) is 59.2 Å². The first kappa shape index (κ1) is 38.1. The first-order chi connectivity index (χ1) is 16.7. The lowest BCUT2D eigenvalue weighted by atomic mass is 9.80. The second kappa shape index (κ2) is 22.9. The molecule has 0 saturated heterocycles. The average Bonchev–Trinajstić information content (AvgIpc) is 2.83. The molecule has 0 N–H and O–H groups in total. The Balaban J connectivity index is 0. The third-order valence-corrected chi connectivity index (χ3v) is 9.88. The van der Waals surface area contributed by atoms with Crippen molar-refractivity contribution in [3.63, 3.8) is 0 Å². The van der Waals surface area contributed by atoms with Crippen LogP contribution in [0.4, 0.5) is 0 Å². The molecule has 0 fully saturated rings. The molecule has 0 aliphatic rings. The van der Waals surface area contributed by atoms with Gasteiger partial charge in [0.2, 0.25) is 0 Å². The molecule has 8 unspecified atom stereocenters. The molecule has 0 heteroatoms. The van der Waals surface area contributed by atoms with Crippen molar-refractivity contribution in [2.45, 2.75) is 174 Å². The maximum atomic E-state index is 2.46. The summed E-state index contributed by atoms with van der Waals surface area (Å²) in [6, 6.07) is 0. The van der Waals surface area contributed by atoms with Crippen LogP contribution < -0.4 is 0 Å². The summed E-state index contributed by atoms with van der Waals surface area (Å²) >= 11 is 0. The fourth-order valence-corrected chi connectivity index (χ4v) is 5.34. The maximum absolute atomic E-state index is 2.46. The summed E-state index contributed by atoms with van der Waals surface area (Å²) in [6.45, 7) is 33.5. The van der Waals surface area contributed by atoms with E-state index in [-0.39, 0.29) is 0 Å². The van der Waals surface area contributed by atoms with E-state index in [1.54, 1.807) is 0 Å². The molecule has 36 heavy (non-hydrogen) atoms. The predicted molar refractivity (Wildman–Crippen MR) is 170 cm³/mol. The smallest absolute Gasteiger partial charge is 0.0415 e. The van der Waals surface area contributed by atoms with E-state index in [1.165, 1.54) is 77.0 Å². The van der Waals surface area contributed by atoms with Gasteiger partial charge < -0.3 is 0 Å². The standard InChI is InChI=1S/C19H40.C17H36/c1-14(2)9-10-16(5)17(6)11-12-18(7)19(8)13-15(3)4;1-7-14(3)12-13-15(4)10-9-11-17(6)16(5)8-2/h14-19H,9-13H2,1-8H3;14-17H,7-13H2,1-6H3. The molecule has 0 saturated carbocycles. The van der Waals surface area contributed by atoms with Gasteiger partial charge >= 0.3 is 0 Å². The number of rotatable bonds is 20. The second-order valence-corrected chi connectivity index (χ2v) is 14.6. The van der Waals surface area contributed by atoms with Crippen LogP contribution in [0.25, 0.3) is 0 Å². The lowest BCUT2D eigenvalue weighted by Gasteiger charge is -2.25. The van der Waals surface area contributed by atoms with Gasteiger partial charge in [0.25, 0.3) is 0 Å². The maximum Gasteiger partial charge on any atom is -0.0415 e. The molecule has 8 atom stereocenters. The van der Waals surface area contributed by atoms with Crippen molar-refractivity contribution in [1.82, 2.24) is 0 Å². The molecule has 0 aliphatic heterocycles. The predicted octanol–water partition coefficient (Wildman–Crippen LogP) is 13.1. The highest BCUT2D eigenvalue weighted by atomic mass is 14.2. The summed E-state index contributed by atoms with van der Waals surface area (Å²) in [5, 5.41) is 0. The molecule has 0 nitrogen and oxygen atoms in total. The van der Waals surface area contributed by atoms with Crippen molar-refractivity contribution in [2.75, 3.05) is 0 Å². The van der Waals surface area contributed by atoms with Gasteiger partial charge in [0, 0.05) is 0 Å². The van der Waals surface area contributed by atoms with Crippen molar-refractivity contribution < 1.29 is 0 Å². The minimum Gasteiger partial charge on any atom is -0.0651 e. The quantitative estimate of drug-likeness (QED) is 0.153. The summed E-state index contributed by atoms with van der Waals surface area (Å²) in [6.07, 6.45) is 16.9. The molecular formula is C36H76. The van der Waals surface area contributed by atoms with Crippen LogP contribution in [0.1, 0.15) is 174 Å². The van der Waals surface area contributed by atoms with E-state index < -0.39 is 0 Å². The minimum absolute atomic E-state index is 0.847. The van der Waals surface area contributed by atoms with Gasteiger partial charge in [-0.25, -0.2) is 0 Å². The monoisotopic (exact) mass is 509 g/mol. The molecule has 0 amide bonds. The summed E-state index contributed by atoms with van der Waals surface area (Å²) in [5.74, 6) is 8.97. The Bertz CT molecular complexity index is 449. The topological polar surface area (TPSA) is 0 Å². The SMILES string of the molecule is CC(C)CCC(C)C(C)CCC(C)C(C)CC(C)C.CCC(C)CCC(C)CCCC(C)C(C)CC. The fourth-order valence-electron chi connectivity index (χ4n) is 5.34. The van der Waals surface area contributed by atoms with Gasteiger partial charge in [-0.1, -0.05) is 168 Å². The highest BCUT2D eigenvalue weighted by Crippen LogP contribution is 2.29. The van der Waals surface area contributed by atoms with Gasteiger partial charge in [-0.05, 0) is 65.6 Å². The Kier molecular flexibility index (Phi) is 24.3. The lowest BCUT2D eigenvalue weighted by molar-refractivity contribution is 0.256. The zero-order valence-electron chi connectivity index (χ0n) is 28.3. The molecule has 0 aromatic heterocycles. The minimum atomic E-state index is 0.847. The zero-order valence-corrected chi connectivity index (χ0v) is 28.3. The molecule has 0 rings (SSSR count). The molecule has 0 spiro atoms. The van der Waals surface area contributed by atoms with Crippen molar-refractivity contribution in [1.29, 1.82) is 0 Å². The van der Waals surface area contributed by atoms with Crippen LogP contribution in [0.3, 0.4) is 0 Å². The lowest BCUT2D eigenvalue weighted by Crippen LogP contribution is -2.15. The fraction of sp³-hybridized carbons (Fsp3) is 1.00. The molecule has 0 aromatic rings. The van der Waals surface area contributed by atoms with Crippen LogP contribution in [0.15, 0.2) is 0 Å². The van der Waals surface area contributed by atoms with Gasteiger partial charge in [-0.15, -0.1) is 0 Å².